The lowest BCUT2D eigenvalue weighted by Gasteiger charge is -2.14. The van der Waals surface area contributed by atoms with Gasteiger partial charge in [-0.3, -0.25) is 14.9 Å². The summed E-state index contributed by atoms with van der Waals surface area (Å²) in [7, 11) is 0. The summed E-state index contributed by atoms with van der Waals surface area (Å²) < 4.78 is 14.8. The number of thiazole rings is 1. The highest BCUT2D eigenvalue weighted by atomic mass is 32.1. The summed E-state index contributed by atoms with van der Waals surface area (Å²) in [6.45, 7) is 6.18. The summed E-state index contributed by atoms with van der Waals surface area (Å²) in [6.07, 6.45) is 0.389. The van der Waals surface area contributed by atoms with Gasteiger partial charge in [-0.2, -0.15) is 0 Å². The van der Waals surface area contributed by atoms with Crippen LogP contribution in [0.2, 0.25) is 0 Å². The predicted octanol–water partition coefficient (Wildman–Crippen LogP) is 2.44. The average Bonchev–Trinajstić information content (AvgIpc) is 2.91. The molecule has 0 fully saturated rings. The van der Waals surface area contributed by atoms with Gasteiger partial charge in [0.05, 0.1) is 12.3 Å². The number of rotatable bonds is 8. The van der Waals surface area contributed by atoms with Gasteiger partial charge in [-0.05, 0) is 0 Å². The van der Waals surface area contributed by atoms with E-state index in [9.17, 15) is 14.4 Å². The molecule has 0 aromatic carbocycles. The van der Waals surface area contributed by atoms with Gasteiger partial charge in [0.2, 0.25) is 0 Å². The molecule has 23 heavy (non-hydrogen) atoms. The van der Waals surface area contributed by atoms with E-state index in [2.05, 4.69) is 16.9 Å². The number of nitrogens with one attached hydrogen (secondary N) is 1. The molecule has 0 bridgehead atoms. The molecule has 0 aliphatic rings. The van der Waals surface area contributed by atoms with E-state index in [0.29, 0.717) is 10.8 Å². The molecule has 8 nitrogen and oxygen atoms in total. The molecule has 1 amide bonds. The highest BCUT2D eigenvalue weighted by Gasteiger charge is 2.19. The number of carbonyl (C=O) groups is 3. The fourth-order valence-electron chi connectivity index (χ4n) is 1.53. The lowest BCUT2D eigenvalue weighted by molar-refractivity contribution is -0.149. The first-order valence-electron chi connectivity index (χ1n) is 6.73. The van der Waals surface area contributed by atoms with Crippen molar-refractivity contribution in [2.75, 3.05) is 18.5 Å². The van der Waals surface area contributed by atoms with Crippen LogP contribution in [-0.2, 0) is 23.8 Å². The van der Waals surface area contributed by atoms with Crippen molar-refractivity contribution in [3.8, 4) is 0 Å². The van der Waals surface area contributed by atoms with E-state index >= 15 is 0 Å². The van der Waals surface area contributed by atoms with Crippen molar-refractivity contribution in [1.29, 1.82) is 0 Å². The Morgan fingerprint density at radius 2 is 2.09 bits per heavy atom. The van der Waals surface area contributed by atoms with Gasteiger partial charge in [0.1, 0.15) is 12.7 Å². The van der Waals surface area contributed by atoms with Crippen LogP contribution < -0.4 is 5.32 Å². The summed E-state index contributed by atoms with van der Waals surface area (Å²) in [5.41, 5.74) is 0.455. The predicted molar refractivity (Wildman–Crippen MR) is 83.0 cm³/mol. The molecule has 0 spiro atoms. The molecule has 1 rings (SSSR count). The number of hydrogen-bond donors (Lipinski definition) is 1. The molecule has 1 aromatic heterocycles. The van der Waals surface area contributed by atoms with Gasteiger partial charge in [-0.15, -0.1) is 11.3 Å². The van der Waals surface area contributed by atoms with Gasteiger partial charge >= 0.3 is 18.0 Å². The molecule has 126 valence electrons. The molecule has 0 radical (unpaired) electrons. The van der Waals surface area contributed by atoms with Crippen LogP contribution in [0.15, 0.2) is 18.0 Å². The molecule has 0 aliphatic carbocycles. The van der Waals surface area contributed by atoms with Crippen molar-refractivity contribution in [3.05, 3.63) is 23.7 Å². The monoisotopic (exact) mass is 342 g/mol. The number of ether oxygens (including phenoxy) is 3. The number of carbonyl (C=O) groups excluding carboxylic acids is 3. The zero-order chi connectivity index (χ0) is 17.2. The highest BCUT2D eigenvalue weighted by Crippen LogP contribution is 2.26. The molecule has 1 heterocycles. The van der Waals surface area contributed by atoms with E-state index in [4.69, 9.17) is 14.2 Å². The van der Waals surface area contributed by atoms with Gasteiger partial charge in [0.25, 0.3) is 0 Å². The van der Waals surface area contributed by atoms with Crippen LogP contribution >= 0.6 is 11.3 Å². The first-order chi connectivity index (χ1) is 10.9. The first kappa shape index (κ1) is 18.6. The van der Waals surface area contributed by atoms with E-state index in [0.717, 1.165) is 11.3 Å². The fraction of sp³-hybridized carbons (Fsp3) is 0.429. The second-order valence-electron chi connectivity index (χ2n) is 4.32. The second kappa shape index (κ2) is 9.57. The largest absolute Gasteiger partial charge is 0.466 e. The lowest BCUT2D eigenvalue weighted by Crippen LogP contribution is -2.15. The van der Waals surface area contributed by atoms with Gasteiger partial charge in [0.15, 0.2) is 5.13 Å². The van der Waals surface area contributed by atoms with E-state index in [-0.39, 0.29) is 19.6 Å². The van der Waals surface area contributed by atoms with Crippen LogP contribution in [0.4, 0.5) is 9.93 Å². The Hall–Kier alpha value is -2.42. The second-order valence-corrected chi connectivity index (χ2v) is 5.17. The van der Waals surface area contributed by atoms with Crippen LogP contribution in [-0.4, -0.2) is 36.2 Å². The van der Waals surface area contributed by atoms with Crippen molar-refractivity contribution in [3.63, 3.8) is 0 Å². The normalized spacial score (nSPS) is 11.2. The maximum atomic E-state index is 11.4. The number of aromatic nitrogens is 1. The van der Waals surface area contributed by atoms with E-state index in [1.165, 1.54) is 19.9 Å². The highest BCUT2D eigenvalue weighted by molar-refractivity contribution is 7.13. The van der Waals surface area contributed by atoms with Crippen LogP contribution in [0.25, 0.3) is 0 Å². The Balaban J connectivity index is 2.67. The third-order valence-corrected chi connectivity index (χ3v) is 3.16. The number of esters is 2. The van der Waals surface area contributed by atoms with Crippen LogP contribution in [0.1, 0.15) is 32.1 Å². The van der Waals surface area contributed by atoms with E-state index in [1.54, 1.807) is 5.38 Å². The SMILES string of the molecule is C=CCOC(=O)Nc1nc(C(CCOC(C)=O)OC(C)=O)cs1. The molecule has 1 atom stereocenters. The molecule has 1 aromatic rings. The van der Waals surface area contributed by atoms with E-state index < -0.39 is 24.1 Å². The molecule has 0 saturated carbocycles. The van der Waals surface area contributed by atoms with Gasteiger partial charge in [0, 0.05) is 25.6 Å². The molecule has 9 heteroatoms. The van der Waals surface area contributed by atoms with Crippen LogP contribution in [0.3, 0.4) is 0 Å². The minimum atomic E-state index is -0.664. The Labute approximate surface area is 137 Å². The minimum Gasteiger partial charge on any atom is -0.466 e. The quantitative estimate of drug-likeness (QED) is 0.439. The first-order valence-corrected chi connectivity index (χ1v) is 7.61. The molecule has 0 aliphatic heterocycles. The van der Waals surface area contributed by atoms with Crippen LogP contribution in [0.5, 0.6) is 0 Å². The summed E-state index contributed by atoms with van der Waals surface area (Å²) >= 11 is 1.16. The zero-order valence-corrected chi connectivity index (χ0v) is 13.7. The van der Waals surface area contributed by atoms with Gasteiger partial charge in [-0.25, -0.2) is 9.78 Å². The standard InChI is InChI=1S/C14H18N2O6S/c1-4-6-21-14(19)16-13-15-11(8-23-13)12(22-10(3)18)5-7-20-9(2)17/h4,8,12H,1,5-7H2,2-3H3,(H,15,16,19). The third-order valence-electron chi connectivity index (χ3n) is 2.39. The lowest BCUT2D eigenvalue weighted by atomic mass is 10.2. The maximum Gasteiger partial charge on any atom is 0.413 e. The number of hydrogen-bond acceptors (Lipinski definition) is 8. The summed E-state index contributed by atoms with van der Waals surface area (Å²) in [5.74, 6) is -0.900. The van der Waals surface area contributed by atoms with Crippen molar-refractivity contribution in [1.82, 2.24) is 4.98 Å². The topological polar surface area (TPSA) is 104 Å². The molecular formula is C14H18N2O6S. The van der Waals surface area contributed by atoms with Crippen molar-refractivity contribution in [2.45, 2.75) is 26.4 Å². The van der Waals surface area contributed by atoms with Gasteiger partial charge < -0.3 is 14.2 Å². The number of nitrogens with zero attached hydrogens (tertiary/aromatic N) is 1. The van der Waals surface area contributed by atoms with Gasteiger partial charge in [-0.1, -0.05) is 12.7 Å². The zero-order valence-electron chi connectivity index (χ0n) is 12.9. The molecule has 1 unspecified atom stereocenters. The van der Waals surface area contributed by atoms with E-state index in [1.807, 2.05) is 0 Å². The molecular weight excluding hydrogens is 324 g/mol. The fourth-order valence-corrected chi connectivity index (χ4v) is 2.26. The van der Waals surface area contributed by atoms with Crippen LogP contribution in [0, 0.1) is 0 Å². The third kappa shape index (κ3) is 7.41. The average molecular weight is 342 g/mol. The Morgan fingerprint density at radius 3 is 2.70 bits per heavy atom. The summed E-state index contributed by atoms with van der Waals surface area (Å²) in [5, 5.41) is 4.40. The maximum absolute atomic E-state index is 11.4. The number of anilines is 1. The molecule has 0 saturated heterocycles. The molecule has 1 N–H and O–H groups in total. The summed E-state index contributed by atoms with van der Waals surface area (Å²) in [4.78, 5) is 37.5. The Morgan fingerprint density at radius 1 is 1.35 bits per heavy atom. The Kier molecular flexibility index (Phi) is 7.75. The van der Waals surface area contributed by atoms with Crippen molar-refractivity contribution < 1.29 is 28.6 Å². The summed E-state index contributed by atoms with van der Waals surface area (Å²) in [6, 6.07) is 0. The number of amides is 1. The Bertz CT molecular complexity index is 571. The van der Waals surface area contributed by atoms with Crippen molar-refractivity contribution in [2.24, 2.45) is 0 Å². The van der Waals surface area contributed by atoms with Crippen molar-refractivity contribution >= 4 is 34.5 Å². The minimum absolute atomic E-state index is 0.0858. The smallest absolute Gasteiger partial charge is 0.413 e.